The summed E-state index contributed by atoms with van der Waals surface area (Å²) in [6.45, 7) is 1.37. The average molecular weight is 691 g/mol. The molecular formula is C26H26Cl6N2O7. The number of carbonyl (C=O) groups excluding carboxylic acids is 2. The Hall–Kier alpha value is -1.53. The van der Waals surface area contributed by atoms with Gasteiger partial charge in [0.25, 0.3) is 13.5 Å². The van der Waals surface area contributed by atoms with Crippen molar-refractivity contribution in [1.82, 2.24) is 5.32 Å². The maximum absolute atomic E-state index is 12.7. The van der Waals surface area contributed by atoms with Crippen molar-refractivity contribution in [2.75, 3.05) is 6.61 Å². The molecule has 1 amide bonds. The van der Waals surface area contributed by atoms with Crippen LogP contribution in [-0.2, 0) is 46.5 Å². The summed E-state index contributed by atoms with van der Waals surface area (Å²) in [4.78, 5) is 25.0. The Morgan fingerprint density at radius 2 is 1.41 bits per heavy atom. The second-order valence-electron chi connectivity index (χ2n) is 8.82. The minimum atomic E-state index is -2.41. The molecule has 41 heavy (non-hydrogen) atoms. The summed E-state index contributed by atoms with van der Waals surface area (Å²) in [5, 5.41) is 10.5. The van der Waals surface area contributed by atoms with E-state index in [1.807, 2.05) is 60.7 Å². The van der Waals surface area contributed by atoms with Crippen molar-refractivity contribution in [2.24, 2.45) is 0 Å². The van der Waals surface area contributed by atoms with Crippen LogP contribution in [0.4, 0.5) is 0 Å². The molecule has 2 N–H and O–H groups in total. The van der Waals surface area contributed by atoms with Crippen molar-refractivity contribution < 1.29 is 33.3 Å². The second kappa shape index (κ2) is 15.3. The van der Waals surface area contributed by atoms with Crippen LogP contribution >= 0.6 is 69.6 Å². The Morgan fingerprint density at radius 3 is 1.93 bits per heavy atom. The fourth-order valence-corrected chi connectivity index (χ4v) is 4.17. The Balaban J connectivity index is 1.97. The van der Waals surface area contributed by atoms with Gasteiger partial charge in [0.1, 0.15) is 18.2 Å². The van der Waals surface area contributed by atoms with Crippen LogP contribution in [0.2, 0.25) is 0 Å². The highest BCUT2D eigenvalue weighted by Crippen LogP contribution is 2.34. The lowest BCUT2D eigenvalue weighted by molar-refractivity contribution is -0.268. The lowest BCUT2D eigenvalue weighted by Crippen LogP contribution is -2.67. The number of ether oxygens (including phenoxy) is 5. The highest BCUT2D eigenvalue weighted by Gasteiger charge is 2.53. The number of alkyl halides is 6. The van der Waals surface area contributed by atoms with Gasteiger partial charge in [0.15, 0.2) is 6.10 Å². The molecule has 3 rings (SSSR count). The SMILES string of the molecule is CC(=O)O[C@@H]1[C@@H](NC(=O)C(Cl)(Cl)Cl)[C@@H](OC(=N)C(Cl)(Cl)Cl)O[C@H](COCc2ccccc2)[C@@H]1OCc1ccccc1. The molecule has 5 atom stereocenters. The number of nitrogens with one attached hydrogen (secondary N) is 2. The van der Waals surface area contributed by atoms with E-state index in [1.54, 1.807) is 0 Å². The van der Waals surface area contributed by atoms with E-state index < -0.39 is 56.0 Å². The molecule has 0 bridgehead atoms. The van der Waals surface area contributed by atoms with Crippen LogP contribution in [0.1, 0.15) is 18.1 Å². The first kappa shape index (κ1) is 34.0. The van der Waals surface area contributed by atoms with Crippen molar-refractivity contribution in [2.45, 2.75) is 58.4 Å². The molecule has 1 aliphatic heterocycles. The maximum atomic E-state index is 12.7. The van der Waals surface area contributed by atoms with E-state index in [1.165, 1.54) is 0 Å². The predicted octanol–water partition coefficient (Wildman–Crippen LogP) is 5.66. The van der Waals surface area contributed by atoms with E-state index in [4.69, 9.17) is 98.7 Å². The van der Waals surface area contributed by atoms with Crippen LogP contribution in [0.25, 0.3) is 0 Å². The van der Waals surface area contributed by atoms with Crippen LogP contribution < -0.4 is 5.32 Å². The van der Waals surface area contributed by atoms with Crippen LogP contribution in [-0.4, -0.2) is 62.6 Å². The van der Waals surface area contributed by atoms with Gasteiger partial charge in [-0.15, -0.1) is 0 Å². The lowest BCUT2D eigenvalue weighted by Gasteiger charge is -2.46. The van der Waals surface area contributed by atoms with Gasteiger partial charge in [-0.2, -0.15) is 0 Å². The number of esters is 1. The third kappa shape index (κ3) is 10.6. The number of hydrogen-bond donors (Lipinski definition) is 2. The fraction of sp³-hybridized carbons (Fsp3) is 0.423. The Kier molecular flexibility index (Phi) is 12.7. The molecule has 224 valence electrons. The molecule has 0 aliphatic carbocycles. The fourth-order valence-electron chi connectivity index (χ4n) is 3.87. The van der Waals surface area contributed by atoms with Gasteiger partial charge in [0.05, 0.1) is 19.8 Å². The number of carbonyl (C=O) groups is 2. The van der Waals surface area contributed by atoms with Gasteiger partial charge in [-0.05, 0) is 11.1 Å². The zero-order valence-electron chi connectivity index (χ0n) is 21.4. The first-order valence-corrected chi connectivity index (χ1v) is 14.3. The molecule has 0 unspecified atom stereocenters. The van der Waals surface area contributed by atoms with Gasteiger partial charge in [-0.25, -0.2) is 0 Å². The highest BCUT2D eigenvalue weighted by atomic mass is 35.6. The summed E-state index contributed by atoms with van der Waals surface area (Å²) >= 11 is 34.8. The van der Waals surface area contributed by atoms with Crippen molar-refractivity contribution in [3.63, 3.8) is 0 Å². The summed E-state index contributed by atoms with van der Waals surface area (Å²) in [5.41, 5.74) is 1.69. The number of benzene rings is 2. The Morgan fingerprint density at radius 1 is 0.854 bits per heavy atom. The van der Waals surface area contributed by atoms with E-state index >= 15 is 0 Å². The molecule has 1 aliphatic rings. The molecule has 0 radical (unpaired) electrons. The molecule has 0 saturated carbocycles. The molecule has 0 spiro atoms. The quantitative estimate of drug-likeness (QED) is 0.143. The number of rotatable bonds is 10. The smallest absolute Gasteiger partial charge is 0.303 e. The second-order valence-corrected chi connectivity index (χ2v) is 13.4. The van der Waals surface area contributed by atoms with Crippen molar-refractivity contribution in [1.29, 1.82) is 5.41 Å². The number of hydrogen-bond acceptors (Lipinski definition) is 8. The molecule has 1 saturated heterocycles. The number of halogens is 6. The first-order valence-electron chi connectivity index (χ1n) is 12.1. The summed E-state index contributed by atoms with van der Waals surface area (Å²) in [6.07, 6.45) is -4.88. The normalized spacial score (nSPS) is 23.0. The maximum Gasteiger partial charge on any atom is 0.303 e. The van der Waals surface area contributed by atoms with E-state index in [0.717, 1.165) is 18.1 Å². The Labute approximate surface area is 267 Å². The first-order chi connectivity index (χ1) is 19.3. The summed E-state index contributed by atoms with van der Waals surface area (Å²) in [5.74, 6) is -2.66. The molecule has 9 nitrogen and oxygen atoms in total. The standard InChI is InChI=1S/C26H26Cl6N2O7/c1-15(35)39-21-19(34-24(36)26(30,31)32)22(41-23(33)25(27,28)29)40-18(14-37-12-16-8-4-2-5-9-16)20(21)38-13-17-10-6-3-7-11-17/h2-11,18-22,33H,12-14H2,1H3,(H,34,36)/t18-,19-,20+,21-,22-/m1/s1. The summed E-state index contributed by atoms with van der Waals surface area (Å²) in [6, 6.07) is 17.1. The lowest BCUT2D eigenvalue weighted by atomic mass is 9.96. The third-order valence-electron chi connectivity index (χ3n) is 5.67. The predicted molar refractivity (Wildman–Crippen MR) is 157 cm³/mol. The van der Waals surface area contributed by atoms with Gasteiger partial charge >= 0.3 is 5.97 Å². The molecule has 2 aromatic rings. The van der Waals surface area contributed by atoms with Crippen LogP contribution in [0, 0.1) is 5.41 Å². The zero-order chi connectivity index (χ0) is 30.2. The van der Waals surface area contributed by atoms with Gasteiger partial charge in [0, 0.05) is 6.92 Å². The highest BCUT2D eigenvalue weighted by molar-refractivity contribution is 6.76. The summed E-state index contributed by atoms with van der Waals surface area (Å²) < 4.78 is 24.6. The van der Waals surface area contributed by atoms with E-state index in [9.17, 15) is 9.59 Å². The molecule has 1 fully saturated rings. The molecule has 0 aromatic heterocycles. The van der Waals surface area contributed by atoms with E-state index in [-0.39, 0.29) is 19.8 Å². The van der Waals surface area contributed by atoms with E-state index in [2.05, 4.69) is 5.32 Å². The van der Waals surface area contributed by atoms with Crippen molar-refractivity contribution in [3.8, 4) is 0 Å². The topological polar surface area (TPSA) is 116 Å². The monoisotopic (exact) mass is 688 g/mol. The van der Waals surface area contributed by atoms with Crippen molar-refractivity contribution >= 4 is 87.4 Å². The molecule has 1 heterocycles. The van der Waals surface area contributed by atoms with Crippen LogP contribution in [0.5, 0.6) is 0 Å². The number of amides is 1. The zero-order valence-corrected chi connectivity index (χ0v) is 25.9. The Bertz CT molecular complexity index is 1160. The average Bonchev–Trinajstić information content (AvgIpc) is 2.90. The minimum absolute atomic E-state index is 0.0719. The molecular weight excluding hydrogens is 665 g/mol. The third-order valence-corrected chi connectivity index (χ3v) is 6.70. The summed E-state index contributed by atoms with van der Waals surface area (Å²) in [7, 11) is 0. The largest absolute Gasteiger partial charge is 0.457 e. The molecule has 2 aromatic carbocycles. The van der Waals surface area contributed by atoms with Gasteiger partial charge < -0.3 is 29.0 Å². The molecule has 15 heteroatoms. The van der Waals surface area contributed by atoms with Gasteiger partial charge in [0.2, 0.25) is 12.2 Å². The van der Waals surface area contributed by atoms with Gasteiger partial charge in [-0.1, -0.05) is 130 Å². The van der Waals surface area contributed by atoms with Crippen LogP contribution in [0.15, 0.2) is 60.7 Å². The minimum Gasteiger partial charge on any atom is -0.457 e. The van der Waals surface area contributed by atoms with Crippen LogP contribution in [0.3, 0.4) is 0 Å². The van der Waals surface area contributed by atoms with Gasteiger partial charge in [-0.3, -0.25) is 15.0 Å². The van der Waals surface area contributed by atoms with Crippen molar-refractivity contribution in [3.05, 3.63) is 71.8 Å². The van der Waals surface area contributed by atoms with E-state index in [0.29, 0.717) is 0 Å².